The molecular formula is C20H25NO5. The maximum atomic E-state index is 12.3. The molecule has 6 heteroatoms. The lowest BCUT2D eigenvalue weighted by molar-refractivity contribution is 0.0964. The molecule has 1 amide bonds. The zero-order chi connectivity index (χ0) is 18.8. The van der Waals surface area contributed by atoms with Crippen molar-refractivity contribution in [2.75, 3.05) is 25.1 Å². The van der Waals surface area contributed by atoms with Crippen molar-refractivity contribution in [2.45, 2.75) is 25.9 Å². The highest BCUT2D eigenvalue weighted by Gasteiger charge is 2.20. The highest BCUT2D eigenvalue weighted by Crippen LogP contribution is 2.31. The number of rotatable bonds is 9. The molecule has 0 saturated carbocycles. The number of nitrogens with one attached hydrogen (secondary N) is 1. The molecule has 0 bridgehead atoms. The molecular weight excluding hydrogens is 334 g/mol. The van der Waals surface area contributed by atoms with Crippen LogP contribution >= 0.6 is 0 Å². The van der Waals surface area contributed by atoms with E-state index in [-0.39, 0.29) is 19.8 Å². The van der Waals surface area contributed by atoms with E-state index in [0.717, 1.165) is 5.56 Å². The Hall–Kier alpha value is -2.57. The predicted molar refractivity (Wildman–Crippen MR) is 99.4 cm³/mol. The SMILES string of the molecule is Cc1ccc(NC(=O)O[C@@H](CCCO)c2ccccc2OCCO)cc1. The van der Waals surface area contributed by atoms with Crippen LogP contribution in [0.15, 0.2) is 48.5 Å². The minimum Gasteiger partial charge on any atom is -0.491 e. The number of ether oxygens (including phenoxy) is 2. The van der Waals surface area contributed by atoms with Gasteiger partial charge in [0.05, 0.1) is 6.61 Å². The third kappa shape index (κ3) is 6.06. The number of anilines is 1. The average molecular weight is 359 g/mol. The summed E-state index contributed by atoms with van der Waals surface area (Å²) in [5.74, 6) is 0.549. The van der Waals surface area contributed by atoms with E-state index in [1.165, 1.54) is 0 Å². The molecule has 6 nitrogen and oxygen atoms in total. The topological polar surface area (TPSA) is 88.0 Å². The molecule has 0 unspecified atom stereocenters. The molecule has 140 valence electrons. The van der Waals surface area contributed by atoms with Crippen LogP contribution in [0.5, 0.6) is 5.75 Å². The Morgan fingerprint density at radius 3 is 2.50 bits per heavy atom. The Morgan fingerprint density at radius 1 is 1.08 bits per heavy atom. The normalized spacial score (nSPS) is 11.7. The van der Waals surface area contributed by atoms with Crippen LogP contribution in [-0.2, 0) is 4.74 Å². The third-order valence-electron chi connectivity index (χ3n) is 3.79. The molecule has 0 aliphatic rings. The fourth-order valence-corrected chi connectivity index (χ4v) is 2.50. The number of benzene rings is 2. The summed E-state index contributed by atoms with van der Waals surface area (Å²) in [6.45, 7) is 2.01. The van der Waals surface area contributed by atoms with Crippen molar-refractivity contribution in [3.63, 3.8) is 0 Å². The minimum atomic E-state index is -0.575. The summed E-state index contributed by atoms with van der Waals surface area (Å²) in [6.07, 6.45) is -0.204. The predicted octanol–water partition coefficient (Wildman–Crippen LogP) is 3.43. The van der Waals surface area contributed by atoms with E-state index in [1.54, 1.807) is 18.2 Å². The van der Waals surface area contributed by atoms with Crippen molar-refractivity contribution in [1.29, 1.82) is 0 Å². The third-order valence-corrected chi connectivity index (χ3v) is 3.79. The number of aryl methyl sites for hydroxylation is 1. The van der Waals surface area contributed by atoms with Gasteiger partial charge in [-0.3, -0.25) is 5.32 Å². The summed E-state index contributed by atoms with van der Waals surface area (Å²) >= 11 is 0. The molecule has 0 aromatic heterocycles. The lowest BCUT2D eigenvalue weighted by Gasteiger charge is -2.21. The first kappa shape index (κ1) is 19.8. The second kappa shape index (κ2) is 10.4. The van der Waals surface area contributed by atoms with Crippen LogP contribution in [-0.4, -0.2) is 36.1 Å². The number of aliphatic hydroxyl groups is 2. The lowest BCUT2D eigenvalue weighted by Crippen LogP contribution is -2.18. The molecule has 3 N–H and O–H groups in total. The van der Waals surface area contributed by atoms with Crippen LogP contribution in [0.4, 0.5) is 10.5 Å². The summed E-state index contributed by atoms with van der Waals surface area (Å²) in [5, 5.41) is 20.8. The molecule has 0 saturated heterocycles. The van der Waals surface area contributed by atoms with Crippen molar-refractivity contribution < 1.29 is 24.5 Å². The molecule has 0 heterocycles. The first-order valence-corrected chi connectivity index (χ1v) is 8.61. The molecule has 0 aliphatic carbocycles. The van der Waals surface area contributed by atoms with Gasteiger partial charge in [0, 0.05) is 17.9 Å². The highest BCUT2D eigenvalue weighted by atomic mass is 16.6. The van der Waals surface area contributed by atoms with E-state index < -0.39 is 12.2 Å². The summed E-state index contributed by atoms with van der Waals surface area (Å²) in [6, 6.07) is 14.6. The minimum absolute atomic E-state index is 0.000888. The first-order valence-electron chi connectivity index (χ1n) is 8.61. The summed E-state index contributed by atoms with van der Waals surface area (Å²) < 4.78 is 11.1. The summed E-state index contributed by atoms with van der Waals surface area (Å²) in [5.41, 5.74) is 2.44. The van der Waals surface area contributed by atoms with Crippen molar-refractivity contribution in [3.05, 3.63) is 59.7 Å². The van der Waals surface area contributed by atoms with Gasteiger partial charge in [-0.05, 0) is 38.0 Å². The standard InChI is InChI=1S/C20H25NO5/c1-15-8-10-16(11-9-15)21-20(24)26-19(7-4-12-22)17-5-2-3-6-18(17)25-14-13-23/h2-3,5-6,8-11,19,22-23H,4,7,12-14H2,1H3,(H,21,24)/t19-/m0/s1. The smallest absolute Gasteiger partial charge is 0.412 e. The molecule has 26 heavy (non-hydrogen) atoms. The van der Waals surface area contributed by atoms with Crippen molar-refractivity contribution in [3.8, 4) is 5.75 Å². The van der Waals surface area contributed by atoms with E-state index in [9.17, 15) is 4.79 Å². The second-order valence-corrected chi connectivity index (χ2v) is 5.86. The largest absolute Gasteiger partial charge is 0.491 e. The Morgan fingerprint density at radius 2 is 1.81 bits per heavy atom. The first-order chi connectivity index (χ1) is 12.6. The Balaban J connectivity index is 2.11. The Labute approximate surface area is 153 Å². The fraction of sp³-hybridized carbons (Fsp3) is 0.350. The van der Waals surface area contributed by atoms with Gasteiger partial charge in [-0.25, -0.2) is 4.79 Å². The van der Waals surface area contributed by atoms with Gasteiger partial charge in [-0.1, -0.05) is 35.9 Å². The van der Waals surface area contributed by atoms with Crippen LogP contribution in [0.3, 0.4) is 0 Å². The number of carbonyl (C=O) groups is 1. The van der Waals surface area contributed by atoms with Gasteiger partial charge in [-0.2, -0.15) is 0 Å². The van der Waals surface area contributed by atoms with E-state index in [2.05, 4.69) is 5.32 Å². The van der Waals surface area contributed by atoms with Crippen LogP contribution in [0, 0.1) is 6.92 Å². The van der Waals surface area contributed by atoms with Gasteiger partial charge in [-0.15, -0.1) is 0 Å². The van der Waals surface area contributed by atoms with Crippen LogP contribution in [0.2, 0.25) is 0 Å². The molecule has 0 radical (unpaired) electrons. The number of aliphatic hydroxyl groups excluding tert-OH is 2. The van der Waals surface area contributed by atoms with Gasteiger partial charge in [0.25, 0.3) is 0 Å². The maximum Gasteiger partial charge on any atom is 0.412 e. The fourth-order valence-electron chi connectivity index (χ4n) is 2.50. The molecule has 0 fully saturated rings. The quantitative estimate of drug-likeness (QED) is 0.638. The van der Waals surface area contributed by atoms with E-state index in [0.29, 0.717) is 29.8 Å². The van der Waals surface area contributed by atoms with Gasteiger partial charge in [0.1, 0.15) is 18.5 Å². The molecule has 0 spiro atoms. The second-order valence-electron chi connectivity index (χ2n) is 5.86. The number of carbonyl (C=O) groups excluding carboxylic acids is 1. The van der Waals surface area contributed by atoms with Crippen LogP contribution < -0.4 is 10.1 Å². The number of hydrogen-bond donors (Lipinski definition) is 3. The number of hydrogen-bond acceptors (Lipinski definition) is 5. The van der Waals surface area contributed by atoms with Crippen molar-refractivity contribution in [1.82, 2.24) is 0 Å². The zero-order valence-electron chi connectivity index (χ0n) is 14.9. The highest BCUT2D eigenvalue weighted by molar-refractivity contribution is 5.84. The van der Waals surface area contributed by atoms with Gasteiger partial charge in [0.2, 0.25) is 0 Å². The molecule has 1 atom stereocenters. The van der Waals surface area contributed by atoms with Crippen LogP contribution in [0.25, 0.3) is 0 Å². The average Bonchev–Trinajstić information content (AvgIpc) is 2.65. The number of amides is 1. The number of para-hydroxylation sites is 1. The molecule has 2 aromatic rings. The Kier molecular flexibility index (Phi) is 7.92. The summed E-state index contributed by atoms with van der Waals surface area (Å²) in [4.78, 5) is 12.3. The summed E-state index contributed by atoms with van der Waals surface area (Å²) in [7, 11) is 0. The molecule has 2 rings (SSSR count). The van der Waals surface area contributed by atoms with Gasteiger partial charge in [0.15, 0.2) is 0 Å². The van der Waals surface area contributed by atoms with E-state index in [1.807, 2.05) is 37.3 Å². The molecule has 0 aliphatic heterocycles. The Bertz CT molecular complexity index is 687. The zero-order valence-corrected chi connectivity index (χ0v) is 14.9. The monoisotopic (exact) mass is 359 g/mol. The molecule has 2 aromatic carbocycles. The maximum absolute atomic E-state index is 12.3. The van der Waals surface area contributed by atoms with Crippen molar-refractivity contribution in [2.24, 2.45) is 0 Å². The van der Waals surface area contributed by atoms with Gasteiger partial charge >= 0.3 is 6.09 Å². The van der Waals surface area contributed by atoms with Crippen LogP contribution in [0.1, 0.15) is 30.1 Å². The van der Waals surface area contributed by atoms with Crippen molar-refractivity contribution >= 4 is 11.8 Å². The van der Waals surface area contributed by atoms with E-state index in [4.69, 9.17) is 19.7 Å². The lowest BCUT2D eigenvalue weighted by atomic mass is 10.0. The van der Waals surface area contributed by atoms with E-state index >= 15 is 0 Å². The van der Waals surface area contributed by atoms with Gasteiger partial charge < -0.3 is 19.7 Å².